The number of fused-ring (bicyclic) bond motifs is 1. The van der Waals surface area contributed by atoms with Crippen LogP contribution in [0.2, 0.25) is 0 Å². The summed E-state index contributed by atoms with van der Waals surface area (Å²) in [5, 5.41) is 3.38. The standard InChI is InChI=1S/C13H9F3N2O4/c1-5-8(3-14)18(13(20)21-5)12-7-2-6(4-19)9(15)10(16)11(7)22-17-12/h2,4-5,8H,3H2,1H3/t5-,8+/m1/s1. The molecule has 2 heterocycles. The van der Waals surface area contributed by atoms with Crippen LogP contribution in [0.4, 0.5) is 23.8 Å². The molecule has 1 aliphatic rings. The fourth-order valence-corrected chi connectivity index (χ4v) is 2.36. The van der Waals surface area contributed by atoms with Crippen LogP contribution in [0.1, 0.15) is 17.3 Å². The van der Waals surface area contributed by atoms with Gasteiger partial charge in [0.25, 0.3) is 0 Å². The van der Waals surface area contributed by atoms with Gasteiger partial charge in [0.05, 0.1) is 10.9 Å². The van der Waals surface area contributed by atoms with E-state index in [1.807, 2.05) is 0 Å². The van der Waals surface area contributed by atoms with Crippen molar-refractivity contribution in [1.82, 2.24) is 5.16 Å². The quantitative estimate of drug-likeness (QED) is 0.814. The normalized spacial score (nSPS) is 21.5. The number of carbonyl (C=O) groups is 2. The van der Waals surface area contributed by atoms with Crippen molar-refractivity contribution >= 4 is 29.2 Å². The van der Waals surface area contributed by atoms with Crippen LogP contribution in [-0.4, -0.2) is 36.4 Å². The number of cyclic esters (lactones) is 1. The molecule has 22 heavy (non-hydrogen) atoms. The first-order valence-corrected chi connectivity index (χ1v) is 6.28. The number of benzene rings is 1. The Hall–Kier alpha value is -2.58. The summed E-state index contributed by atoms with van der Waals surface area (Å²) in [5.74, 6) is -3.02. The van der Waals surface area contributed by atoms with Crippen LogP contribution in [0.15, 0.2) is 10.6 Å². The van der Waals surface area contributed by atoms with Crippen LogP contribution >= 0.6 is 0 Å². The lowest BCUT2D eigenvalue weighted by atomic mass is 10.1. The Bertz CT molecular complexity index is 776. The Labute approximate surface area is 121 Å². The molecule has 0 unspecified atom stereocenters. The summed E-state index contributed by atoms with van der Waals surface area (Å²) < 4.78 is 50.1. The van der Waals surface area contributed by atoms with Crippen molar-refractivity contribution < 1.29 is 32.0 Å². The Morgan fingerprint density at radius 3 is 2.77 bits per heavy atom. The zero-order valence-electron chi connectivity index (χ0n) is 11.2. The minimum Gasteiger partial charge on any atom is -0.444 e. The molecule has 0 N–H and O–H groups in total. The fraction of sp³-hybridized carbons (Fsp3) is 0.308. The Morgan fingerprint density at radius 1 is 1.41 bits per heavy atom. The third kappa shape index (κ3) is 1.85. The van der Waals surface area contributed by atoms with Gasteiger partial charge in [-0.2, -0.15) is 4.39 Å². The van der Waals surface area contributed by atoms with Gasteiger partial charge in [-0.05, 0) is 13.0 Å². The molecule has 1 aliphatic heterocycles. The van der Waals surface area contributed by atoms with Gasteiger partial charge in [-0.1, -0.05) is 5.16 Å². The Balaban J connectivity index is 2.22. The first-order chi connectivity index (χ1) is 10.5. The SMILES string of the molecule is C[C@H]1OC(=O)N(c2noc3c(F)c(F)c(C=O)cc23)[C@H]1CF. The van der Waals surface area contributed by atoms with Crippen molar-refractivity contribution in [3.8, 4) is 0 Å². The van der Waals surface area contributed by atoms with Gasteiger partial charge in [-0.3, -0.25) is 4.79 Å². The highest BCUT2D eigenvalue weighted by atomic mass is 19.2. The third-order valence-corrected chi connectivity index (χ3v) is 3.52. The number of aldehydes is 1. The second kappa shape index (κ2) is 5.00. The summed E-state index contributed by atoms with van der Waals surface area (Å²) in [6.45, 7) is 0.562. The topological polar surface area (TPSA) is 72.6 Å². The van der Waals surface area contributed by atoms with E-state index in [-0.39, 0.29) is 17.5 Å². The van der Waals surface area contributed by atoms with Crippen LogP contribution < -0.4 is 4.90 Å². The zero-order valence-corrected chi connectivity index (χ0v) is 11.2. The monoisotopic (exact) mass is 314 g/mol. The van der Waals surface area contributed by atoms with Gasteiger partial charge in [0.1, 0.15) is 18.8 Å². The number of anilines is 1. The number of alkyl halides is 1. The molecule has 0 radical (unpaired) electrons. The number of halogens is 3. The molecule has 1 amide bonds. The maximum Gasteiger partial charge on any atom is 0.416 e. The number of carbonyl (C=O) groups excluding carboxylic acids is 2. The van der Waals surface area contributed by atoms with E-state index in [0.29, 0.717) is 0 Å². The number of nitrogens with zero attached hydrogens (tertiary/aromatic N) is 2. The van der Waals surface area contributed by atoms with E-state index in [1.54, 1.807) is 0 Å². The highest BCUT2D eigenvalue weighted by molar-refractivity contribution is 6.01. The lowest BCUT2D eigenvalue weighted by molar-refractivity contribution is 0.111. The molecule has 116 valence electrons. The summed E-state index contributed by atoms with van der Waals surface area (Å²) >= 11 is 0. The summed E-state index contributed by atoms with van der Waals surface area (Å²) in [4.78, 5) is 23.5. The van der Waals surface area contributed by atoms with Gasteiger partial charge in [-0.25, -0.2) is 18.5 Å². The minimum atomic E-state index is -1.41. The van der Waals surface area contributed by atoms with Gasteiger partial charge in [0.2, 0.25) is 11.4 Å². The summed E-state index contributed by atoms with van der Waals surface area (Å²) in [6, 6.07) is 0.00611. The molecule has 6 nitrogen and oxygen atoms in total. The highest BCUT2D eigenvalue weighted by Gasteiger charge is 2.43. The molecule has 0 spiro atoms. The molecule has 3 rings (SSSR count). The number of aromatic nitrogens is 1. The van der Waals surface area contributed by atoms with E-state index in [0.717, 1.165) is 11.0 Å². The average Bonchev–Trinajstić information content (AvgIpc) is 3.02. The fourth-order valence-electron chi connectivity index (χ4n) is 2.36. The van der Waals surface area contributed by atoms with E-state index < -0.39 is 47.7 Å². The van der Waals surface area contributed by atoms with Gasteiger partial charge in [0.15, 0.2) is 17.9 Å². The van der Waals surface area contributed by atoms with Crippen LogP contribution in [0, 0.1) is 11.6 Å². The molecule has 2 atom stereocenters. The largest absolute Gasteiger partial charge is 0.444 e. The van der Waals surface area contributed by atoms with E-state index >= 15 is 0 Å². The molecule has 1 aromatic carbocycles. The average molecular weight is 314 g/mol. The second-order valence-corrected chi connectivity index (χ2v) is 4.78. The van der Waals surface area contributed by atoms with Crippen molar-refractivity contribution in [2.24, 2.45) is 0 Å². The molecule has 9 heteroatoms. The van der Waals surface area contributed by atoms with Crippen molar-refractivity contribution in [2.45, 2.75) is 19.1 Å². The van der Waals surface area contributed by atoms with Crippen molar-refractivity contribution in [3.05, 3.63) is 23.3 Å². The van der Waals surface area contributed by atoms with Gasteiger partial charge >= 0.3 is 6.09 Å². The number of amides is 1. The van der Waals surface area contributed by atoms with E-state index in [1.165, 1.54) is 6.92 Å². The van der Waals surface area contributed by atoms with Crippen LogP contribution in [-0.2, 0) is 4.74 Å². The molecule has 1 fully saturated rings. The smallest absolute Gasteiger partial charge is 0.416 e. The maximum absolute atomic E-state index is 13.8. The van der Waals surface area contributed by atoms with E-state index in [9.17, 15) is 22.8 Å². The van der Waals surface area contributed by atoms with E-state index in [2.05, 4.69) is 5.16 Å². The van der Waals surface area contributed by atoms with Crippen LogP contribution in [0.5, 0.6) is 0 Å². The number of ether oxygens (including phenoxy) is 1. The molecule has 2 aromatic rings. The van der Waals surface area contributed by atoms with Crippen LogP contribution in [0.3, 0.4) is 0 Å². The van der Waals surface area contributed by atoms with E-state index in [4.69, 9.17) is 9.26 Å². The summed E-state index contributed by atoms with van der Waals surface area (Å²) in [7, 11) is 0. The lowest BCUT2D eigenvalue weighted by Crippen LogP contribution is -2.37. The van der Waals surface area contributed by atoms with Crippen molar-refractivity contribution in [2.75, 3.05) is 11.6 Å². The predicted octanol–water partition coefficient (Wildman–Crippen LogP) is 2.60. The van der Waals surface area contributed by atoms with Gasteiger partial charge in [-0.15, -0.1) is 0 Å². The minimum absolute atomic E-state index is 0.117. The lowest BCUT2D eigenvalue weighted by Gasteiger charge is -2.17. The zero-order chi connectivity index (χ0) is 16.0. The molecule has 1 saturated heterocycles. The number of rotatable bonds is 3. The van der Waals surface area contributed by atoms with Crippen molar-refractivity contribution in [1.29, 1.82) is 0 Å². The summed E-state index contributed by atoms with van der Waals surface area (Å²) in [5.41, 5.74) is -1.13. The number of hydrogen-bond acceptors (Lipinski definition) is 5. The highest BCUT2D eigenvalue weighted by Crippen LogP contribution is 2.35. The number of hydrogen-bond donors (Lipinski definition) is 0. The predicted molar refractivity (Wildman–Crippen MR) is 67.5 cm³/mol. The van der Waals surface area contributed by atoms with Crippen LogP contribution in [0.25, 0.3) is 11.0 Å². The molecule has 0 saturated carbocycles. The Morgan fingerprint density at radius 2 is 2.14 bits per heavy atom. The first kappa shape index (κ1) is 14.4. The molecule has 0 aliphatic carbocycles. The maximum atomic E-state index is 13.8. The third-order valence-electron chi connectivity index (χ3n) is 3.52. The Kier molecular flexibility index (Phi) is 3.27. The summed E-state index contributed by atoms with van der Waals surface area (Å²) in [6.07, 6.45) is -1.52. The second-order valence-electron chi connectivity index (χ2n) is 4.78. The first-order valence-electron chi connectivity index (χ1n) is 6.28. The molecule has 1 aromatic heterocycles. The van der Waals surface area contributed by atoms with Gasteiger partial charge in [0, 0.05) is 0 Å². The van der Waals surface area contributed by atoms with Gasteiger partial charge < -0.3 is 9.26 Å². The molecule has 0 bridgehead atoms. The molecular formula is C13H9F3N2O4. The molecular weight excluding hydrogens is 305 g/mol. The van der Waals surface area contributed by atoms with Crippen molar-refractivity contribution in [3.63, 3.8) is 0 Å².